The van der Waals surface area contributed by atoms with Crippen LogP contribution in [0.15, 0.2) is 0 Å². The summed E-state index contributed by atoms with van der Waals surface area (Å²) >= 11 is 0. The normalized spacial score (nSPS) is 12.9. The molecule has 3 heteroatoms. The number of rotatable bonds is 8. The summed E-state index contributed by atoms with van der Waals surface area (Å²) in [6, 6.07) is 0. The van der Waals surface area contributed by atoms with Crippen LogP contribution in [0.2, 0.25) is 0 Å². The molecule has 1 atom stereocenters. The van der Waals surface area contributed by atoms with Gasteiger partial charge in [0.05, 0.1) is 6.61 Å². The van der Waals surface area contributed by atoms with Crippen molar-refractivity contribution in [1.82, 2.24) is 0 Å². The zero-order valence-corrected chi connectivity index (χ0v) is 10.4. The Bertz CT molecular complexity index is 166. The highest BCUT2D eigenvalue weighted by atomic mass is 16.6. The highest BCUT2D eigenvalue weighted by Crippen LogP contribution is 2.03. The summed E-state index contributed by atoms with van der Waals surface area (Å²) in [6.45, 7) is 9.25. The third-order valence-electron chi connectivity index (χ3n) is 1.90. The molecule has 0 saturated heterocycles. The van der Waals surface area contributed by atoms with E-state index in [2.05, 4.69) is 6.92 Å². The zero-order chi connectivity index (χ0) is 11.7. The average Bonchev–Trinajstić information content (AvgIpc) is 2.10. The van der Waals surface area contributed by atoms with Gasteiger partial charge in [-0.3, -0.25) is 4.79 Å². The van der Waals surface area contributed by atoms with Crippen LogP contribution in [0.4, 0.5) is 0 Å². The lowest BCUT2D eigenvalue weighted by molar-refractivity contribution is -0.151. The largest absolute Gasteiger partial charge is 0.460 e. The molecule has 90 valence electrons. The topological polar surface area (TPSA) is 35.5 Å². The standard InChI is InChI=1S/C12H24O3/c1-5-6-7-14-9-11(4)15-12(13)8-10(2)3/h10-11H,5-9H2,1-4H3. The minimum atomic E-state index is -0.131. The van der Waals surface area contributed by atoms with Crippen molar-refractivity contribution in [2.24, 2.45) is 5.92 Å². The van der Waals surface area contributed by atoms with E-state index in [-0.39, 0.29) is 12.1 Å². The first-order chi connectivity index (χ1) is 7.06. The van der Waals surface area contributed by atoms with Gasteiger partial charge in [0.1, 0.15) is 6.10 Å². The lowest BCUT2D eigenvalue weighted by atomic mass is 10.1. The summed E-state index contributed by atoms with van der Waals surface area (Å²) < 4.78 is 10.5. The van der Waals surface area contributed by atoms with Gasteiger partial charge in [0.2, 0.25) is 0 Å². The Morgan fingerprint density at radius 2 is 1.93 bits per heavy atom. The highest BCUT2D eigenvalue weighted by molar-refractivity contribution is 5.69. The molecule has 0 spiro atoms. The van der Waals surface area contributed by atoms with E-state index in [4.69, 9.17) is 9.47 Å². The summed E-state index contributed by atoms with van der Waals surface area (Å²) in [5.41, 5.74) is 0. The van der Waals surface area contributed by atoms with E-state index in [1.54, 1.807) is 0 Å². The number of carbonyl (C=O) groups is 1. The van der Waals surface area contributed by atoms with Crippen LogP contribution in [0.1, 0.15) is 47.0 Å². The first kappa shape index (κ1) is 14.4. The Labute approximate surface area is 93.1 Å². The molecule has 0 amide bonds. The fourth-order valence-electron chi connectivity index (χ4n) is 1.14. The lowest BCUT2D eigenvalue weighted by Gasteiger charge is -2.14. The summed E-state index contributed by atoms with van der Waals surface area (Å²) in [5.74, 6) is 0.224. The summed E-state index contributed by atoms with van der Waals surface area (Å²) in [5, 5.41) is 0. The van der Waals surface area contributed by atoms with Crippen molar-refractivity contribution in [3.8, 4) is 0 Å². The average molecular weight is 216 g/mol. The molecule has 0 saturated carbocycles. The quantitative estimate of drug-likeness (QED) is 0.462. The third-order valence-corrected chi connectivity index (χ3v) is 1.90. The van der Waals surface area contributed by atoms with Gasteiger partial charge in [0, 0.05) is 13.0 Å². The zero-order valence-electron chi connectivity index (χ0n) is 10.4. The minimum Gasteiger partial charge on any atom is -0.460 e. The smallest absolute Gasteiger partial charge is 0.306 e. The van der Waals surface area contributed by atoms with Crippen molar-refractivity contribution in [1.29, 1.82) is 0 Å². The molecule has 0 aromatic rings. The van der Waals surface area contributed by atoms with Gasteiger partial charge >= 0.3 is 5.97 Å². The number of carbonyl (C=O) groups excluding carboxylic acids is 1. The van der Waals surface area contributed by atoms with Gasteiger partial charge in [0.15, 0.2) is 0 Å². The van der Waals surface area contributed by atoms with Crippen molar-refractivity contribution in [3.05, 3.63) is 0 Å². The van der Waals surface area contributed by atoms with E-state index in [0.29, 0.717) is 18.9 Å². The maximum atomic E-state index is 11.3. The van der Waals surface area contributed by atoms with Crippen molar-refractivity contribution in [2.45, 2.75) is 53.1 Å². The van der Waals surface area contributed by atoms with Crippen LogP contribution in [0.3, 0.4) is 0 Å². The Hall–Kier alpha value is -0.570. The van der Waals surface area contributed by atoms with Gasteiger partial charge in [-0.25, -0.2) is 0 Å². The van der Waals surface area contributed by atoms with E-state index in [0.717, 1.165) is 19.4 Å². The number of hydrogen-bond acceptors (Lipinski definition) is 3. The fourth-order valence-corrected chi connectivity index (χ4v) is 1.14. The molecule has 15 heavy (non-hydrogen) atoms. The Kier molecular flexibility index (Phi) is 8.38. The van der Waals surface area contributed by atoms with Gasteiger partial charge < -0.3 is 9.47 Å². The molecular weight excluding hydrogens is 192 g/mol. The molecule has 0 aromatic carbocycles. The molecule has 0 radical (unpaired) electrons. The molecule has 0 aromatic heterocycles. The number of unbranched alkanes of at least 4 members (excludes halogenated alkanes) is 1. The van der Waals surface area contributed by atoms with Crippen molar-refractivity contribution < 1.29 is 14.3 Å². The predicted octanol–water partition coefficient (Wildman–Crippen LogP) is 2.78. The minimum absolute atomic E-state index is 0.128. The van der Waals surface area contributed by atoms with Crippen molar-refractivity contribution in [2.75, 3.05) is 13.2 Å². The summed E-state index contributed by atoms with van der Waals surface area (Å²) in [6.07, 6.45) is 2.54. The molecule has 3 nitrogen and oxygen atoms in total. The predicted molar refractivity (Wildman–Crippen MR) is 60.7 cm³/mol. The maximum Gasteiger partial charge on any atom is 0.306 e. The van der Waals surface area contributed by atoms with E-state index in [9.17, 15) is 4.79 Å². The van der Waals surface area contributed by atoms with Crippen LogP contribution in [0.25, 0.3) is 0 Å². The van der Waals surface area contributed by atoms with Crippen LogP contribution in [-0.2, 0) is 14.3 Å². The molecule has 0 aliphatic heterocycles. The second kappa shape index (κ2) is 8.72. The van der Waals surface area contributed by atoms with Gasteiger partial charge in [-0.15, -0.1) is 0 Å². The summed E-state index contributed by atoms with van der Waals surface area (Å²) in [7, 11) is 0. The Morgan fingerprint density at radius 1 is 1.27 bits per heavy atom. The Balaban J connectivity index is 3.46. The van der Waals surface area contributed by atoms with E-state index in [1.807, 2.05) is 20.8 Å². The maximum absolute atomic E-state index is 11.3. The van der Waals surface area contributed by atoms with E-state index >= 15 is 0 Å². The molecule has 1 unspecified atom stereocenters. The Morgan fingerprint density at radius 3 is 2.47 bits per heavy atom. The summed E-state index contributed by atoms with van der Waals surface area (Å²) in [4.78, 5) is 11.3. The monoisotopic (exact) mass is 216 g/mol. The van der Waals surface area contributed by atoms with Gasteiger partial charge in [0.25, 0.3) is 0 Å². The lowest BCUT2D eigenvalue weighted by Crippen LogP contribution is -2.21. The van der Waals surface area contributed by atoms with Crippen LogP contribution < -0.4 is 0 Å². The molecule has 0 heterocycles. The molecule has 0 aliphatic rings. The van der Waals surface area contributed by atoms with E-state index in [1.165, 1.54) is 0 Å². The van der Waals surface area contributed by atoms with Gasteiger partial charge in [-0.2, -0.15) is 0 Å². The molecule has 0 rings (SSSR count). The number of ether oxygens (including phenoxy) is 2. The van der Waals surface area contributed by atoms with Crippen molar-refractivity contribution >= 4 is 5.97 Å². The molecular formula is C12H24O3. The highest BCUT2D eigenvalue weighted by Gasteiger charge is 2.10. The molecule has 0 aliphatic carbocycles. The van der Waals surface area contributed by atoms with Crippen LogP contribution in [0, 0.1) is 5.92 Å². The van der Waals surface area contributed by atoms with E-state index < -0.39 is 0 Å². The van der Waals surface area contributed by atoms with Gasteiger partial charge in [-0.1, -0.05) is 27.2 Å². The number of hydrogen-bond donors (Lipinski definition) is 0. The van der Waals surface area contributed by atoms with Gasteiger partial charge in [-0.05, 0) is 19.3 Å². The van der Waals surface area contributed by atoms with Crippen molar-refractivity contribution in [3.63, 3.8) is 0 Å². The second-order valence-electron chi connectivity index (χ2n) is 4.33. The second-order valence-corrected chi connectivity index (χ2v) is 4.33. The molecule has 0 N–H and O–H groups in total. The fraction of sp³-hybridized carbons (Fsp3) is 0.917. The SMILES string of the molecule is CCCCOCC(C)OC(=O)CC(C)C. The first-order valence-corrected chi connectivity index (χ1v) is 5.83. The van der Waals surface area contributed by atoms with Crippen LogP contribution >= 0.6 is 0 Å². The number of esters is 1. The van der Waals surface area contributed by atoms with Crippen LogP contribution in [0.5, 0.6) is 0 Å². The third kappa shape index (κ3) is 9.73. The molecule has 0 bridgehead atoms. The first-order valence-electron chi connectivity index (χ1n) is 5.83. The van der Waals surface area contributed by atoms with Crippen LogP contribution in [-0.4, -0.2) is 25.3 Å². The molecule has 0 fully saturated rings.